The number of rotatable bonds is 1. The minimum absolute atomic E-state index is 0.415. The van der Waals surface area contributed by atoms with E-state index in [1.807, 2.05) is 13.0 Å². The molecule has 0 radical (unpaired) electrons. The standard InChI is InChI=1S/C9H11FN2/c1-7-2-8(4-11-3-7)9(10)5-12-6-9/h2-4,12H,5-6H2,1H3. The van der Waals surface area contributed by atoms with Gasteiger partial charge < -0.3 is 5.32 Å². The summed E-state index contributed by atoms with van der Waals surface area (Å²) in [6.45, 7) is 2.75. The first-order chi connectivity index (χ1) is 5.71. The van der Waals surface area contributed by atoms with Crippen LogP contribution in [0.1, 0.15) is 11.1 Å². The van der Waals surface area contributed by atoms with Crippen LogP contribution in [0.2, 0.25) is 0 Å². The van der Waals surface area contributed by atoms with Gasteiger partial charge in [-0.25, -0.2) is 4.39 Å². The van der Waals surface area contributed by atoms with Gasteiger partial charge in [0.15, 0.2) is 5.67 Å². The topological polar surface area (TPSA) is 24.9 Å². The van der Waals surface area contributed by atoms with Gasteiger partial charge in [0.25, 0.3) is 0 Å². The van der Waals surface area contributed by atoms with E-state index in [-0.39, 0.29) is 0 Å². The molecule has 0 bridgehead atoms. The molecule has 0 saturated carbocycles. The molecule has 1 aliphatic rings. The SMILES string of the molecule is Cc1cncc(C2(F)CNC2)c1. The quantitative estimate of drug-likeness (QED) is 0.677. The van der Waals surface area contributed by atoms with Gasteiger partial charge in [-0.05, 0) is 18.6 Å². The third kappa shape index (κ3) is 1.10. The molecule has 1 N–H and O–H groups in total. The van der Waals surface area contributed by atoms with E-state index >= 15 is 0 Å². The minimum Gasteiger partial charge on any atom is -0.310 e. The molecule has 0 amide bonds. The van der Waals surface area contributed by atoms with Crippen molar-refractivity contribution in [3.8, 4) is 0 Å². The second-order valence-corrected chi connectivity index (χ2v) is 3.32. The van der Waals surface area contributed by atoms with Crippen molar-refractivity contribution in [3.05, 3.63) is 29.6 Å². The fraction of sp³-hybridized carbons (Fsp3) is 0.444. The zero-order valence-corrected chi connectivity index (χ0v) is 6.97. The third-order valence-corrected chi connectivity index (χ3v) is 2.20. The van der Waals surface area contributed by atoms with E-state index in [1.54, 1.807) is 12.4 Å². The number of aromatic nitrogens is 1. The van der Waals surface area contributed by atoms with Crippen molar-refractivity contribution in [2.24, 2.45) is 0 Å². The van der Waals surface area contributed by atoms with Crippen LogP contribution >= 0.6 is 0 Å². The van der Waals surface area contributed by atoms with Gasteiger partial charge in [0.2, 0.25) is 0 Å². The Kier molecular flexibility index (Phi) is 1.61. The summed E-state index contributed by atoms with van der Waals surface area (Å²) >= 11 is 0. The number of pyridine rings is 1. The molecule has 3 heteroatoms. The monoisotopic (exact) mass is 166 g/mol. The highest BCUT2D eigenvalue weighted by atomic mass is 19.1. The maximum atomic E-state index is 13.7. The largest absolute Gasteiger partial charge is 0.310 e. The van der Waals surface area contributed by atoms with E-state index in [2.05, 4.69) is 10.3 Å². The van der Waals surface area contributed by atoms with Crippen LogP contribution in [0.4, 0.5) is 4.39 Å². The van der Waals surface area contributed by atoms with Crippen molar-refractivity contribution < 1.29 is 4.39 Å². The fourth-order valence-electron chi connectivity index (χ4n) is 1.35. The zero-order valence-electron chi connectivity index (χ0n) is 6.97. The molecule has 1 saturated heterocycles. The van der Waals surface area contributed by atoms with Gasteiger partial charge in [0.1, 0.15) is 0 Å². The first-order valence-electron chi connectivity index (χ1n) is 4.02. The molecule has 64 valence electrons. The van der Waals surface area contributed by atoms with Crippen LogP contribution in [-0.2, 0) is 5.67 Å². The van der Waals surface area contributed by atoms with Crippen LogP contribution in [0.5, 0.6) is 0 Å². The van der Waals surface area contributed by atoms with Gasteiger partial charge in [-0.3, -0.25) is 4.98 Å². The number of hydrogen-bond donors (Lipinski definition) is 1. The van der Waals surface area contributed by atoms with E-state index < -0.39 is 5.67 Å². The van der Waals surface area contributed by atoms with Crippen molar-refractivity contribution in [2.75, 3.05) is 13.1 Å². The average molecular weight is 166 g/mol. The predicted octanol–water partition coefficient (Wildman–Crippen LogP) is 1.16. The van der Waals surface area contributed by atoms with Crippen molar-refractivity contribution in [3.63, 3.8) is 0 Å². The fourth-order valence-corrected chi connectivity index (χ4v) is 1.35. The van der Waals surface area contributed by atoms with Crippen molar-refractivity contribution in [1.82, 2.24) is 10.3 Å². The summed E-state index contributed by atoms with van der Waals surface area (Å²) in [6.07, 6.45) is 3.34. The summed E-state index contributed by atoms with van der Waals surface area (Å²) in [5.74, 6) is 0. The van der Waals surface area contributed by atoms with Gasteiger partial charge in [-0.1, -0.05) is 0 Å². The molecule has 1 aromatic heterocycles. The molecule has 1 aliphatic heterocycles. The van der Waals surface area contributed by atoms with Crippen LogP contribution in [0.25, 0.3) is 0 Å². The van der Waals surface area contributed by atoms with Crippen molar-refractivity contribution in [1.29, 1.82) is 0 Å². The maximum Gasteiger partial charge on any atom is 0.162 e. The summed E-state index contributed by atoms with van der Waals surface area (Å²) < 4.78 is 13.7. The predicted molar refractivity (Wildman–Crippen MR) is 44.6 cm³/mol. The summed E-state index contributed by atoms with van der Waals surface area (Å²) in [5.41, 5.74) is 0.539. The summed E-state index contributed by atoms with van der Waals surface area (Å²) in [5, 5.41) is 2.92. The van der Waals surface area contributed by atoms with Crippen LogP contribution < -0.4 is 5.32 Å². The Morgan fingerprint density at radius 2 is 2.25 bits per heavy atom. The van der Waals surface area contributed by atoms with Gasteiger partial charge in [-0.15, -0.1) is 0 Å². The van der Waals surface area contributed by atoms with Gasteiger partial charge in [0.05, 0.1) is 0 Å². The van der Waals surface area contributed by atoms with Crippen LogP contribution in [0, 0.1) is 6.92 Å². The number of alkyl halides is 1. The summed E-state index contributed by atoms with van der Waals surface area (Å²) in [6, 6.07) is 1.86. The highest BCUT2D eigenvalue weighted by molar-refractivity contribution is 5.26. The Hall–Kier alpha value is -0.960. The van der Waals surface area contributed by atoms with E-state index in [0.717, 1.165) is 5.56 Å². The Labute approximate surface area is 70.8 Å². The molecule has 1 fully saturated rings. The lowest BCUT2D eigenvalue weighted by Crippen LogP contribution is -2.53. The van der Waals surface area contributed by atoms with Crippen molar-refractivity contribution in [2.45, 2.75) is 12.6 Å². The normalized spacial score (nSPS) is 20.2. The summed E-state index contributed by atoms with van der Waals surface area (Å²) in [4.78, 5) is 3.96. The van der Waals surface area contributed by atoms with Crippen LogP contribution in [-0.4, -0.2) is 18.1 Å². The Bertz CT molecular complexity index is 294. The maximum absolute atomic E-state index is 13.7. The summed E-state index contributed by atoms with van der Waals surface area (Å²) in [7, 11) is 0. The Morgan fingerprint density at radius 3 is 2.75 bits per heavy atom. The lowest BCUT2D eigenvalue weighted by Gasteiger charge is -2.35. The third-order valence-electron chi connectivity index (χ3n) is 2.20. The molecular formula is C9H11FN2. The van der Waals surface area contributed by atoms with E-state index in [0.29, 0.717) is 18.7 Å². The molecule has 2 nitrogen and oxygen atoms in total. The Balaban J connectivity index is 2.33. The molecule has 0 unspecified atom stereocenters. The minimum atomic E-state index is -1.17. The van der Waals surface area contributed by atoms with Crippen LogP contribution in [0.3, 0.4) is 0 Å². The zero-order chi connectivity index (χ0) is 8.60. The number of halogens is 1. The second-order valence-electron chi connectivity index (χ2n) is 3.32. The number of nitrogens with zero attached hydrogens (tertiary/aromatic N) is 1. The van der Waals surface area contributed by atoms with E-state index in [9.17, 15) is 4.39 Å². The van der Waals surface area contributed by atoms with Crippen molar-refractivity contribution >= 4 is 0 Å². The molecule has 0 atom stereocenters. The highest BCUT2D eigenvalue weighted by Gasteiger charge is 2.38. The molecule has 0 aromatic carbocycles. The Morgan fingerprint density at radius 1 is 1.50 bits per heavy atom. The van der Waals surface area contributed by atoms with Gasteiger partial charge >= 0.3 is 0 Å². The smallest absolute Gasteiger partial charge is 0.162 e. The second kappa shape index (κ2) is 2.52. The lowest BCUT2D eigenvalue weighted by molar-refractivity contribution is 0.0887. The van der Waals surface area contributed by atoms with Gasteiger partial charge in [0, 0.05) is 31.0 Å². The van der Waals surface area contributed by atoms with E-state index in [1.165, 1.54) is 0 Å². The number of hydrogen-bond acceptors (Lipinski definition) is 2. The molecule has 0 aliphatic carbocycles. The van der Waals surface area contributed by atoms with Crippen LogP contribution in [0.15, 0.2) is 18.5 Å². The molecule has 2 rings (SSSR count). The molecule has 12 heavy (non-hydrogen) atoms. The average Bonchev–Trinajstić information content (AvgIpc) is 2.00. The molecule has 0 spiro atoms. The number of nitrogens with one attached hydrogen (secondary N) is 1. The highest BCUT2D eigenvalue weighted by Crippen LogP contribution is 2.29. The lowest BCUT2D eigenvalue weighted by atomic mass is 9.91. The van der Waals surface area contributed by atoms with Gasteiger partial charge in [-0.2, -0.15) is 0 Å². The number of aryl methyl sites for hydroxylation is 1. The first kappa shape index (κ1) is 7.68. The first-order valence-corrected chi connectivity index (χ1v) is 4.02. The van der Waals surface area contributed by atoms with E-state index in [4.69, 9.17) is 0 Å². The molecule has 2 heterocycles. The molecule has 1 aromatic rings. The molecular weight excluding hydrogens is 155 g/mol.